The van der Waals surface area contributed by atoms with Crippen molar-refractivity contribution in [2.24, 2.45) is 5.73 Å². The molecular formula is C21H28N6O2. The van der Waals surface area contributed by atoms with E-state index in [4.69, 9.17) is 11.5 Å². The number of aryl methyl sites for hydroxylation is 2. The summed E-state index contributed by atoms with van der Waals surface area (Å²) in [6.07, 6.45) is 0.876. The lowest BCUT2D eigenvalue weighted by Gasteiger charge is -2.40. The van der Waals surface area contributed by atoms with Crippen LogP contribution in [0, 0.1) is 13.8 Å². The third-order valence-corrected chi connectivity index (χ3v) is 5.43. The summed E-state index contributed by atoms with van der Waals surface area (Å²) in [6.45, 7) is 5.88. The summed E-state index contributed by atoms with van der Waals surface area (Å²) >= 11 is 0. The van der Waals surface area contributed by atoms with Crippen LogP contribution in [-0.4, -0.2) is 57.3 Å². The lowest BCUT2D eigenvalue weighted by atomic mass is 10.0. The molecule has 1 atom stereocenters. The van der Waals surface area contributed by atoms with Gasteiger partial charge in [0.2, 0.25) is 17.8 Å². The maximum Gasteiger partial charge on any atom is 0.236 e. The van der Waals surface area contributed by atoms with Crippen LogP contribution in [0.2, 0.25) is 0 Å². The Hall–Kier alpha value is -3.00. The molecule has 1 fully saturated rings. The Bertz CT molecular complexity index is 863. The molecule has 154 valence electrons. The molecule has 1 unspecified atom stereocenters. The number of primary amides is 1. The maximum absolute atomic E-state index is 12.8. The smallest absolute Gasteiger partial charge is 0.236 e. The minimum absolute atomic E-state index is 0.00577. The second-order valence-electron chi connectivity index (χ2n) is 7.45. The van der Waals surface area contributed by atoms with Gasteiger partial charge in [0.25, 0.3) is 0 Å². The summed E-state index contributed by atoms with van der Waals surface area (Å²) in [5.41, 5.74) is 15.0. The summed E-state index contributed by atoms with van der Waals surface area (Å²) < 4.78 is 0. The summed E-state index contributed by atoms with van der Waals surface area (Å²) in [7, 11) is 0. The fraction of sp³-hybridized carbons (Fsp3) is 0.429. The van der Waals surface area contributed by atoms with E-state index >= 15 is 0 Å². The predicted octanol–water partition coefficient (Wildman–Crippen LogP) is 0.807. The number of amides is 2. The highest BCUT2D eigenvalue weighted by atomic mass is 16.2. The van der Waals surface area contributed by atoms with E-state index in [0.717, 1.165) is 22.5 Å². The molecule has 4 N–H and O–H groups in total. The summed E-state index contributed by atoms with van der Waals surface area (Å²) in [6, 6.07) is 9.46. The number of anilines is 1. The normalized spacial score (nSPS) is 17.3. The van der Waals surface area contributed by atoms with Gasteiger partial charge in [0, 0.05) is 44.0 Å². The molecule has 8 nitrogen and oxygen atoms in total. The van der Waals surface area contributed by atoms with E-state index in [1.807, 2.05) is 49.1 Å². The fourth-order valence-electron chi connectivity index (χ4n) is 3.84. The Morgan fingerprint density at radius 2 is 1.76 bits per heavy atom. The van der Waals surface area contributed by atoms with Crippen LogP contribution in [0.3, 0.4) is 0 Å². The van der Waals surface area contributed by atoms with Crippen molar-refractivity contribution >= 4 is 17.8 Å². The highest BCUT2D eigenvalue weighted by molar-refractivity contribution is 5.82. The van der Waals surface area contributed by atoms with Gasteiger partial charge in [-0.2, -0.15) is 0 Å². The molecule has 8 heteroatoms. The fourth-order valence-corrected chi connectivity index (χ4v) is 3.84. The monoisotopic (exact) mass is 396 g/mol. The van der Waals surface area contributed by atoms with Gasteiger partial charge < -0.3 is 16.4 Å². The molecule has 0 saturated carbocycles. The number of hydrogen-bond acceptors (Lipinski definition) is 6. The quantitative estimate of drug-likeness (QED) is 0.746. The number of carbonyl (C=O) groups is 2. The Morgan fingerprint density at radius 1 is 1.10 bits per heavy atom. The van der Waals surface area contributed by atoms with Crippen molar-refractivity contribution < 1.29 is 9.59 Å². The standard InChI is InChI=1S/C21H28N6O2/c1-14-17(15(2)25-21(23)24-14)8-9-19(28)27-11-10-26(18(13-27)20(22)29)12-16-6-4-3-5-7-16/h3-7,18H,8-13H2,1-2H3,(H2,22,29)(H2,23,24,25). The number of hydrogen-bond donors (Lipinski definition) is 2. The van der Waals surface area contributed by atoms with Crippen LogP contribution in [0.4, 0.5) is 5.95 Å². The first-order valence-electron chi connectivity index (χ1n) is 9.80. The third kappa shape index (κ3) is 5.08. The van der Waals surface area contributed by atoms with Gasteiger partial charge in [-0.05, 0) is 31.4 Å². The van der Waals surface area contributed by atoms with E-state index < -0.39 is 11.9 Å². The molecule has 1 aromatic carbocycles. The number of piperazine rings is 1. The zero-order valence-electron chi connectivity index (χ0n) is 17.0. The summed E-state index contributed by atoms with van der Waals surface area (Å²) in [4.78, 5) is 37.0. The van der Waals surface area contributed by atoms with Crippen molar-refractivity contribution in [2.75, 3.05) is 25.4 Å². The van der Waals surface area contributed by atoms with Gasteiger partial charge >= 0.3 is 0 Å². The number of aromatic nitrogens is 2. The number of carbonyl (C=O) groups excluding carboxylic acids is 2. The lowest BCUT2D eigenvalue weighted by Crippen LogP contribution is -2.58. The summed E-state index contributed by atoms with van der Waals surface area (Å²) in [5.74, 6) is -0.155. The maximum atomic E-state index is 12.8. The second-order valence-corrected chi connectivity index (χ2v) is 7.45. The average Bonchev–Trinajstić information content (AvgIpc) is 2.68. The minimum atomic E-state index is -0.490. The van der Waals surface area contributed by atoms with Gasteiger partial charge in [0.15, 0.2) is 0 Å². The SMILES string of the molecule is Cc1nc(N)nc(C)c1CCC(=O)N1CCN(Cc2ccccc2)C(C(N)=O)C1. The molecule has 2 amide bonds. The Balaban J connectivity index is 1.62. The van der Waals surface area contributed by atoms with E-state index in [1.54, 1.807) is 4.90 Å². The Morgan fingerprint density at radius 3 is 2.38 bits per heavy atom. The first-order valence-corrected chi connectivity index (χ1v) is 9.80. The third-order valence-electron chi connectivity index (χ3n) is 5.43. The molecular weight excluding hydrogens is 368 g/mol. The highest BCUT2D eigenvalue weighted by Crippen LogP contribution is 2.17. The van der Waals surface area contributed by atoms with Crippen LogP contribution >= 0.6 is 0 Å². The van der Waals surface area contributed by atoms with Crippen LogP contribution in [0.1, 0.15) is 28.9 Å². The van der Waals surface area contributed by atoms with Gasteiger partial charge in [0.1, 0.15) is 6.04 Å². The molecule has 0 radical (unpaired) electrons. The van der Waals surface area contributed by atoms with E-state index in [1.165, 1.54) is 0 Å². The Kier molecular flexibility index (Phi) is 6.43. The van der Waals surface area contributed by atoms with Crippen molar-refractivity contribution in [3.63, 3.8) is 0 Å². The van der Waals surface area contributed by atoms with Gasteiger partial charge in [-0.25, -0.2) is 9.97 Å². The van der Waals surface area contributed by atoms with Crippen molar-refractivity contribution in [3.05, 3.63) is 52.8 Å². The van der Waals surface area contributed by atoms with Gasteiger partial charge in [0.05, 0.1) is 0 Å². The van der Waals surface area contributed by atoms with E-state index in [9.17, 15) is 9.59 Å². The van der Waals surface area contributed by atoms with E-state index in [-0.39, 0.29) is 11.9 Å². The molecule has 1 aliphatic heterocycles. The van der Waals surface area contributed by atoms with E-state index in [0.29, 0.717) is 39.0 Å². The molecule has 0 spiro atoms. The molecule has 3 rings (SSSR count). The first-order chi connectivity index (χ1) is 13.8. The zero-order chi connectivity index (χ0) is 21.0. The van der Waals surface area contributed by atoms with Gasteiger partial charge in [-0.1, -0.05) is 30.3 Å². The lowest BCUT2D eigenvalue weighted by molar-refractivity contribution is -0.137. The van der Waals surface area contributed by atoms with Crippen LogP contribution in [0.25, 0.3) is 0 Å². The highest BCUT2D eigenvalue weighted by Gasteiger charge is 2.32. The molecule has 0 aliphatic carbocycles. The van der Waals surface area contributed by atoms with Crippen LogP contribution in [-0.2, 0) is 22.6 Å². The molecule has 2 aromatic rings. The predicted molar refractivity (Wildman–Crippen MR) is 111 cm³/mol. The van der Waals surface area contributed by atoms with Crippen LogP contribution in [0.15, 0.2) is 30.3 Å². The van der Waals surface area contributed by atoms with Crippen LogP contribution < -0.4 is 11.5 Å². The number of benzene rings is 1. The van der Waals surface area contributed by atoms with Crippen molar-refractivity contribution in [2.45, 2.75) is 39.3 Å². The van der Waals surface area contributed by atoms with Crippen molar-refractivity contribution in [1.82, 2.24) is 19.8 Å². The number of rotatable bonds is 6. The largest absolute Gasteiger partial charge is 0.368 e. The zero-order valence-corrected chi connectivity index (χ0v) is 17.0. The van der Waals surface area contributed by atoms with Crippen LogP contribution in [0.5, 0.6) is 0 Å². The topological polar surface area (TPSA) is 118 Å². The Labute approximate surface area is 170 Å². The molecule has 0 bridgehead atoms. The average molecular weight is 396 g/mol. The number of nitrogens with two attached hydrogens (primary N) is 2. The minimum Gasteiger partial charge on any atom is -0.368 e. The van der Waals surface area contributed by atoms with Gasteiger partial charge in [-0.15, -0.1) is 0 Å². The number of nitrogens with zero attached hydrogens (tertiary/aromatic N) is 4. The second kappa shape index (κ2) is 9.00. The molecule has 29 heavy (non-hydrogen) atoms. The van der Waals surface area contributed by atoms with Gasteiger partial charge in [-0.3, -0.25) is 14.5 Å². The molecule has 2 heterocycles. The van der Waals surface area contributed by atoms with E-state index in [2.05, 4.69) is 9.97 Å². The van der Waals surface area contributed by atoms with Crippen molar-refractivity contribution in [1.29, 1.82) is 0 Å². The first kappa shape index (κ1) is 20.7. The summed E-state index contributed by atoms with van der Waals surface area (Å²) in [5, 5.41) is 0. The molecule has 1 saturated heterocycles. The molecule has 1 aromatic heterocycles. The molecule has 1 aliphatic rings. The number of nitrogen functional groups attached to an aromatic ring is 1. The van der Waals surface area contributed by atoms with Crippen molar-refractivity contribution in [3.8, 4) is 0 Å².